The molecule has 0 N–H and O–H groups in total. The molecule has 26 heavy (non-hydrogen) atoms. The average molecular weight is 387 g/mol. The van der Waals surface area contributed by atoms with E-state index >= 15 is 0 Å². The number of para-hydroxylation sites is 2. The molecule has 2 aromatic rings. The number of carbonyl (C=O) groups is 1. The van der Waals surface area contributed by atoms with Crippen LogP contribution in [0.1, 0.15) is 5.56 Å². The van der Waals surface area contributed by atoms with Gasteiger partial charge < -0.3 is 14.2 Å². The Hall–Kier alpha value is -2.51. The van der Waals surface area contributed by atoms with Crippen molar-refractivity contribution in [2.24, 2.45) is 0 Å². The second kappa shape index (κ2) is 7.80. The monoisotopic (exact) mass is 387 g/mol. The molecular weight excluding hydrogens is 370 g/mol. The van der Waals surface area contributed by atoms with E-state index in [4.69, 9.17) is 26.4 Å². The number of methoxy groups -OCH3 is 3. The number of anilines is 1. The highest BCUT2D eigenvalue weighted by Gasteiger charge is 2.34. The molecule has 0 atom stereocenters. The van der Waals surface area contributed by atoms with Crippen molar-refractivity contribution >= 4 is 46.0 Å². The molecular formula is C19H17NO4S2. The van der Waals surface area contributed by atoms with Crippen molar-refractivity contribution in [1.29, 1.82) is 0 Å². The zero-order valence-corrected chi connectivity index (χ0v) is 16.1. The van der Waals surface area contributed by atoms with Crippen molar-refractivity contribution in [1.82, 2.24) is 0 Å². The lowest BCUT2D eigenvalue weighted by atomic mass is 10.1. The number of thioether (sulfide) groups is 1. The second-order valence-corrected chi connectivity index (χ2v) is 7.01. The van der Waals surface area contributed by atoms with Gasteiger partial charge >= 0.3 is 0 Å². The third-order valence-electron chi connectivity index (χ3n) is 3.79. The van der Waals surface area contributed by atoms with Gasteiger partial charge in [0.1, 0.15) is 17.2 Å². The van der Waals surface area contributed by atoms with Crippen LogP contribution in [0.3, 0.4) is 0 Å². The molecule has 0 bridgehead atoms. The lowest BCUT2D eigenvalue weighted by molar-refractivity contribution is -0.113. The summed E-state index contributed by atoms with van der Waals surface area (Å²) in [5.74, 6) is 1.70. The molecule has 1 amide bonds. The minimum atomic E-state index is -0.189. The first kappa shape index (κ1) is 18.3. The van der Waals surface area contributed by atoms with Crippen molar-refractivity contribution in [2.75, 3.05) is 26.2 Å². The number of hydrogen-bond acceptors (Lipinski definition) is 6. The van der Waals surface area contributed by atoms with Gasteiger partial charge in [-0.3, -0.25) is 9.69 Å². The van der Waals surface area contributed by atoms with Crippen LogP contribution >= 0.6 is 24.0 Å². The van der Waals surface area contributed by atoms with Gasteiger partial charge in [-0.05, 0) is 35.9 Å². The van der Waals surface area contributed by atoms with Crippen LogP contribution in [0, 0.1) is 0 Å². The van der Waals surface area contributed by atoms with Gasteiger partial charge in [-0.2, -0.15) is 0 Å². The largest absolute Gasteiger partial charge is 0.497 e. The van der Waals surface area contributed by atoms with Crippen molar-refractivity contribution in [3.63, 3.8) is 0 Å². The minimum Gasteiger partial charge on any atom is -0.497 e. The fourth-order valence-corrected chi connectivity index (χ4v) is 3.84. The van der Waals surface area contributed by atoms with Gasteiger partial charge in [-0.15, -0.1) is 0 Å². The first-order valence-electron chi connectivity index (χ1n) is 7.71. The van der Waals surface area contributed by atoms with E-state index in [9.17, 15) is 4.79 Å². The predicted octanol–water partition coefficient (Wildman–Crippen LogP) is 4.12. The Kier molecular flexibility index (Phi) is 5.49. The average Bonchev–Trinajstić information content (AvgIpc) is 2.94. The van der Waals surface area contributed by atoms with E-state index in [1.807, 2.05) is 24.3 Å². The van der Waals surface area contributed by atoms with E-state index < -0.39 is 0 Å². The number of carbonyl (C=O) groups excluding carboxylic acids is 1. The quantitative estimate of drug-likeness (QED) is 0.568. The van der Waals surface area contributed by atoms with E-state index in [2.05, 4.69) is 0 Å². The molecule has 1 heterocycles. The summed E-state index contributed by atoms with van der Waals surface area (Å²) in [6.07, 6.45) is 1.78. The third-order valence-corrected chi connectivity index (χ3v) is 5.09. The summed E-state index contributed by atoms with van der Waals surface area (Å²) in [6.45, 7) is 0. The Morgan fingerprint density at radius 2 is 1.65 bits per heavy atom. The maximum atomic E-state index is 12.9. The summed E-state index contributed by atoms with van der Waals surface area (Å²) in [6, 6.07) is 12.7. The normalized spacial score (nSPS) is 15.5. The smallest absolute Gasteiger partial charge is 0.270 e. The van der Waals surface area contributed by atoms with Crippen LogP contribution in [0.15, 0.2) is 47.4 Å². The molecule has 5 nitrogen and oxygen atoms in total. The zero-order chi connectivity index (χ0) is 18.7. The van der Waals surface area contributed by atoms with E-state index in [-0.39, 0.29) is 5.91 Å². The number of amides is 1. The van der Waals surface area contributed by atoms with Crippen LogP contribution in [-0.4, -0.2) is 31.6 Å². The van der Waals surface area contributed by atoms with Gasteiger partial charge in [0.15, 0.2) is 4.32 Å². The molecule has 1 fully saturated rings. The number of hydrogen-bond donors (Lipinski definition) is 0. The Morgan fingerprint density at radius 1 is 1.00 bits per heavy atom. The van der Waals surface area contributed by atoms with Gasteiger partial charge in [0.05, 0.1) is 31.9 Å². The Bertz CT molecular complexity index is 873. The summed E-state index contributed by atoms with van der Waals surface area (Å²) in [5, 5.41) is 0. The van der Waals surface area contributed by atoms with Crippen molar-refractivity contribution < 1.29 is 19.0 Å². The van der Waals surface area contributed by atoms with Crippen LogP contribution in [0.4, 0.5) is 5.69 Å². The molecule has 0 spiro atoms. The highest BCUT2D eigenvalue weighted by molar-refractivity contribution is 8.27. The molecule has 7 heteroatoms. The molecule has 3 rings (SSSR count). The second-order valence-electron chi connectivity index (χ2n) is 5.33. The molecule has 0 aliphatic carbocycles. The van der Waals surface area contributed by atoms with Crippen LogP contribution < -0.4 is 19.1 Å². The van der Waals surface area contributed by atoms with Crippen molar-refractivity contribution in [3.05, 3.63) is 52.9 Å². The predicted molar refractivity (Wildman–Crippen MR) is 108 cm³/mol. The summed E-state index contributed by atoms with van der Waals surface area (Å²) in [7, 11) is 4.73. The Labute approximate surface area is 161 Å². The van der Waals surface area contributed by atoms with E-state index in [0.717, 1.165) is 5.56 Å². The van der Waals surface area contributed by atoms with Gasteiger partial charge in [-0.25, -0.2) is 0 Å². The van der Waals surface area contributed by atoms with Gasteiger partial charge in [-0.1, -0.05) is 36.1 Å². The standard InChI is InChI=1S/C19H17NO4S2/c1-22-13-8-12(9-14(11-13)23-2)10-17-18(21)20(19(25)26-17)15-6-4-5-7-16(15)24-3/h4-11H,1-3H3/b17-10+. The molecule has 134 valence electrons. The SMILES string of the molecule is COc1cc(/C=C2/SC(=S)N(c3ccccc3OC)C2=O)cc(OC)c1. The summed E-state index contributed by atoms with van der Waals surface area (Å²) in [4.78, 5) is 14.9. The van der Waals surface area contributed by atoms with E-state index in [0.29, 0.717) is 32.2 Å². The number of nitrogens with zero attached hydrogens (tertiary/aromatic N) is 1. The minimum absolute atomic E-state index is 0.189. The van der Waals surface area contributed by atoms with Crippen molar-refractivity contribution in [3.8, 4) is 17.2 Å². The van der Waals surface area contributed by atoms with Gasteiger partial charge in [0.2, 0.25) is 0 Å². The molecule has 0 unspecified atom stereocenters. The van der Waals surface area contributed by atoms with Gasteiger partial charge in [0.25, 0.3) is 5.91 Å². The first-order valence-corrected chi connectivity index (χ1v) is 8.94. The highest BCUT2D eigenvalue weighted by atomic mass is 32.2. The fourth-order valence-electron chi connectivity index (χ4n) is 2.55. The lowest BCUT2D eigenvalue weighted by Gasteiger charge is -2.17. The summed E-state index contributed by atoms with van der Waals surface area (Å²) >= 11 is 6.67. The topological polar surface area (TPSA) is 48.0 Å². The van der Waals surface area contributed by atoms with Crippen LogP contribution in [0.2, 0.25) is 0 Å². The fraction of sp³-hybridized carbons (Fsp3) is 0.158. The molecule has 2 aromatic carbocycles. The van der Waals surface area contributed by atoms with Crippen LogP contribution in [-0.2, 0) is 4.79 Å². The summed E-state index contributed by atoms with van der Waals surface area (Å²) in [5.41, 5.74) is 1.42. The van der Waals surface area contributed by atoms with E-state index in [1.165, 1.54) is 16.7 Å². The molecule has 0 radical (unpaired) electrons. The molecule has 1 saturated heterocycles. The number of rotatable bonds is 5. The van der Waals surface area contributed by atoms with E-state index in [1.54, 1.807) is 45.6 Å². The lowest BCUT2D eigenvalue weighted by Crippen LogP contribution is -2.27. The number of benzene rings is 2. The van der Waals surface area contributed by atoms with Crippen LogP contribution in [0.5, 0.6) is 17.2 Å². The Morgan fingerprint density at radius 3 is 2.27 bits per heavy atom. The maximum absolute atomic E-state index is 12.9. The third kappa shape index (κ3) is 3.54. The molecule has 0 aromatic heterocycles. The van der Waals surface area contributed by atoms with Gasteiger partial charge in [0, 0.05) is 6.07 Å². The van der Waals surface area contributed by atoms with Crippen LogP contribution in [0.25, 0.3) is 6.08 Å². The zero-order valence-electron chi connectivity index (χ0n) is 14.5. The number of ether oxygens (including phenoxy) is 3. The highest BCUT2D eigenvalue weighted by Crippen LogP contribution is 2.40. The Balaban J connectivity index is 1.98. The van der Waals surface area contributed by atoms with Crippen molar-refractivity contribution in [2.45, 2.75) is 0 Å². The number of thiocarbonyl (C=S) groups is 1. The summed E-state index contributed by atoms with van der Waals surface area (Å²) < 4.78 is 16.4. The molecule has 0 saturated carbocycles. The molecule has 1 aliphatic heterocycles. The maximum Gasteiger partial charge on any atom is 0.270 e. The first-order chi connectivity index (χ1) is 12.6. The molecule has 1 aliphatic rings.